The molecule has 2 aromatic heterocycles. The van der Waals surface area contributed by atoms with Crippen LogP contribution >= 0.6 is 0 Å². The highest BCUT2D eigenvalue weighted by atomic mass is 19.1. The van der Waals surface area contributed by atoms with Gasteiger partial charge in [0, 0.05) is 25.5 Å². The summed E-state index contributed by atoms with van der Waals surface area (Å²) >= 11 is 0. The fourth-order valence-electron chi connectivity index (χ4n) is 2.89. The van der Waals surface area contributed by atoms with Crippen LogP contribution in [0.3, 0.4) is 0 Å². The number of halogens is 1. The molecule has 6 heteroatoms. The topological polar surface area (TPSA) is 64.0 Å². The normalized spacial score (nSPS) is 11.1. The van der Waals surface area contributed by atoms with Crippen LogP contribution in [-0.4, -0.2) is 15.5 Å². The molecule has 1 N–H and O–H groups in total. The van der Waals surface area contributed by atoms with Crippen molar-refractivity contribution in [2.75, 3.05) is 0 Å². The van der Waals surface area contributed by atoms with Crippen molar-refractivity contribution in [3.8, 4) is 0 Å². The molecule has 0 spiro atoms. The van der Waals surface area contributed by atoms with Gasteiger partial charge in [-0.2, -0.15) is 0 Å². The number of hydrogen-bond donors (Lipinski definition) is 1. The van der Waals surface area contributed by atoms with Gasteiger partial charge in [-0.1, -0.05) is 19.9 Å². The van der Waals surface area contributed by atoms with Gasteiger partial charge < -0.3 is 9.88 Å². The van der Waals surface area contributed by atoms with Crippen LogP contribution in [0, 0.1) is 11.7 Å². The molecule has 0 bridgehead atoms. The van der Waals surface area contributed by atoms with E-state index in [0.717, 1.165) is 12.0 Å². The molecule has 5 nitrogen and oxygen atoms in total. The molecule has 0 saturated carbocycles. The van der Waals surface area contributed by atoms with Gasteiger partial charge in [0.05, 0.1) is 5.39 Å². The van der Waals surface area contributed by atoms with Crippen molar-refractivity contribution in [2.45, 2.75) is 33.4 Å². The molecule has 27 heavy (non-hydrogen) atoms. The molecule has 0 aliphatic rings. The number of aromatic nitrogens is 2. The van der Waals surface area contributed by atoms with Crippen molar-refractivity contribution >= 4 is 16.7 Å². The minimum absolute atomic E-state index is 0.282. The van der Waals surface area contributed by atoms with Gasteiger partial charge in [0.25, 0.3) is 11.5 Å². The Balaban J connectivity index is 1.98. The van der Waals surface area contributed by atoms with E-state index in [1.165, 1.54) is 22.8 Å². The fourth-order valence-corrected chi connectivity index (χ4v) is 2.89. The maximum atomic E-state index is 13.6. The summed E-state index contributed by atoms with van der Waals surface area (Å²) in [7, 11) is 0. The average Bonchev–Trinajstić information content (AvgIpc) is 2.66. The first-order chi connectivity index (χ1) is 13.0. The van der Waals surface area contributed by atoms with E-state index in [0.29, 0.717) is 24.4 Å². The molecule has 0 atom stereocenters. The highest BCUT2D eigenvalue weighted by Gasteiger charge is 2.16. The van der Waals surface area contributed by atoms with E-state index >= 15 is 0 Å². The zero-order chi connectivity index (χ0) is 19.4. The Morgan fingerprint density at radius 2 is 1.93 bits per heavy atom. The lowest BCUT2D eigenvalue weighted by Gasteiger charge is -2.15. The molecule has 0 saturated heterocycles. The van der Waals surface area contributed by atoms with Gasteiger partial charge in [-0.05, 0) is 53.6 Å². The molecule has 3 rings (SSSR count). The average molecular weight is 367 g/mol. The molecule has 0 unspecified atom stereocenters. The summed E-state index contributed by atoms with van der Waals surface area (Å²) in [5.74, 6) is -0.434. The van der Waals surface area contributed by atoms with Gasteiger partial charge >= 0.3 is 0 Å². The monoisotopic (exact) mass is 367 g/mol. The molecular formula is C21H22FN3O2. The third-order valence-electron chi connectivity index (χ3n) is 4.44. The zero-order valence-corrected chi connectivity index (χ0v) is 15.4. The molecule has 0 aliphatic heterocycles. The second-order valence-corrected chi connectivity index (χ2v) is 6.94. The number of nitrogens with one attached hydrogen (secondary N) is 1. The van der Waals surface area contributed by atoms with Crippen molar-refractivity contribution in [2.24, 2.45) is 5.92 Å². The maximum absolute atomic E-state index is 13.6. The molecule has 1 aromatic carbocycles. The lowest BCUT2D eigenvalue weighted by Crippen LogP contribution is -2.32. The third kappa shape index (κ3) is 4.39. The van der Waals surface area contributed by atoms with E-state index in [1.54, 1.807) is 18.5 Å². The minimum Gasteiger partial charge on any atom is -0.347 e. The molecule has 2 heterocycles. The van der Waals surface area contributed by atoms with E-state index in [-0.39, 0.29) is 22.5 Å². The van der Waals surface area contributed by atoms with Gasteiger partial charge in [0.15, 0.2) is 0 Å². The van der Waals surface area contributed by atoms with Crippen molar-refractivity contribution in [3.63, 3.8) is 0 Å². The molecule has 1 amide bonds. The molecule has 0 radical (unpaired) electrons. The molecule has 0 fully saturated rings. The Morgan fingerprint density at radius 1 is 1.19 bits per heavy atom. The van der Waals surface area contributed by atoms with Crippen LogP contribution in [0.1, 0.15) is 36.3 Å². The lowest BCUT2D eigenvalue weighted by atomic mass is 10.1. The number of hydrogen-bond acceptors (Lipinski definition) is 3. The summed E-state index contributed by atoms with van der Waals surface area (Å²) in [4.78, 5) is 29.6. The van der Waals surface area contributed by atoms with Crippen LogP contribution < -0.4 is 10.9 Å². The van der Waals surface area contributed by atoms with Crippen molar-refractivity contribution in [1.29, 1.82) is 0 Å². The fraction of sp³-hybridized carbons (Fsp3) is 0.286. The first-order valence-corrected chi connectivity index (χ1v) is 8.96. The largest absolute Gasteiger partial charge is 0.347 e. The van der Waals surface area contributed by atoms with E-state index in [4.69, 9.17) is 0 Å². The van der Waals surface area contributed by atoms with Crippen LogP contribution in [0.15, 0.2) is 53.6 Å². The SMILES string of the molecule is CC(C)CCn1c(C(=O)NCc2ccncc2)cc2ccc(F)cc2c1=O. The summed E-state index contributed by atoms with van der Waals surface area (Å²) < 4.78 is 15.0. The van der Waals surface area contributed by atoms with Gasteiger partial charge in [-0.3, -0.25) is 14.6 Å². The Bertz CT molecular complexity index is 1010. The van der Waals surface area contributed by atoms with E-state index < -0.39 is 5.82 Å². The van der Waals surface area contributed by atoms with Crippen LogP contribution in [0.4, 0.5) is 4.39 Å². The first-order valence-electron chi connectivity index (χ1n) is 8.96. The van der Waals surface area contributed by atoms with Crippen molar-refractivity contribution in [3.05, 3.63) is 76.2 Å². The van der Waals surface area contributed by atoms with Gasteiger partial charge in [-0.15, -0.1) is 0 Å². The number of pyridine rings is 2. The second kappa shape index (κ2) is 8.12. The van der Waals surface area contributed by atoms with Crippen molar-refractivity contribution in [1.82, 2.24) is 14.9 Å². The number of carbonyl (C=O) groups excluding carboxylic acids is 1. The quantitative estimate of drug-likeness (QED) is 0.725. The maximum Gasteiger partial charge on any atom is 0.268 e. The highest BCUT2D eigenvalue weighted by molar-refractivity contribution is 5.96. The number of fused-ring (bicyclic) bond motifs is 1. The predicted molar refractivity (Wildman–Crippen MR) is 103 cm³/mol. The summed E-state index contributed by atoms with van der Waals surface area (Å²) in [5, 5.41) is 3.68. The van der Waals surface area contributed by atoms with E-state index in [2.05, 4.69) is 24.1 Å². The van der Waals surface area contributed by atoms with Gasteiger partial charge in [0.2, 0.25) is 0 Å². The molecule has 140 valence electrons. The summed E-state index contributed by atoms with van der Waals surface area (Å²) in [6.45, 7) is 4.84. The molecule has 3 aromatic rings. The van der Waals surface area contributed by atoms with Crippen LogP contribution in [0.25, 0.3) is 10.8 Å². The Morgan fingerprint density at radius 3 is 2.63 bits per heavy atom. The molecular weight excluding hydrogens is 345 g/mol. The zero-order valence-electron chi connectivity index (χ0n) is 15.4. The predicted octanol–water partition coefficient (Wildman–Crippen LogP) is 3.51. The van der Waals surface area contributed by atoms with Crippen LogP contribution in [0.2, 0.25) is 0 Å². The smallest absolute Gasteiger partial charge is 0.268 e. The van der Waals surface area contributed by atoms with Gasteiger partial charge in [-0.25, -0.2) is 4.39 Å². The van der Waals surface area contributed by atoms with Crippen LogP contribution in [0.5, 0.6) is 0 Å². The standard InChI is InChI=1S/C21H22FN3O2/c1-14(2)7-10-25-19(20(26)24-13-15-5-8-23-9-6-15)11-16-3-4-17(22)12-18(16)21(25)27/h3-6,8-9,11-12,14H,7,10,13H2,1-2H3,(H,24,26). The number of carbonyl (C=O) groups is 1. The summed E-state index contributed by atoms with van der Waals surface area (Å²) in [6, 6.07) is 9.32. The third-order valence-corrected chi connectivity index (χ3v) is 4.44. The summed E-state index contributed by atoms with van der Waals surface area (Å²) in [5.41, 5.74) is 0.854. The Hall–Kier alpha value is -3.02. The Kier molecular flexibility index (Phi) is 5.64. The van der Waals surface area contributed by atoms with Crippen molar-refractivity contribution < 1.29 is 9.18 Å². The number of nitrogens with zero attached hydrogens (tertiary/aromatic N) is 2. The number of rotatable bonds is 6. The molecule has 0 aliphatic carbocycles. The van der Waals surface area contributed by atoms with E-state index in [1.807, 2.05) is 12.1 Å². The van der Waals surface area contributed by atoms with Crippen LogP contribution in [-0.2, 0) is 13.1 Å². The first kappa shape index (κ1) is 18.8. The number of benzene rings is 1. The summed E-state index contributed by atoms with van der Waals surface area (Å²) in [6.07, 6.45) is 4.06. The van der Waals surface area contributed by atoms with Gasteiger partial charge in [0.1, 0.15) is 11.5 Å². The number of amides is 1. The minimum atomic E-state index is -0.468. The Labute approximate surface area is 156 Å². The lowest BCUT2D eigenvalue weighted by molar-refractivity contribution is 0.0940. The van der Waals surface area contributed by atoms with E-state index in [9.17, 15) is 14.0 Å². The second-order valence-electron chi connectivity index (χ2n) is 6.94. The highest BCUT2D eigenvalue weighted by Crippen LogP contribution is 2.15.